The van der Waals surface area contributed by atoms with Crippen LogP contribution in [0, 0.1) is 0 Å². The Morgan fingerprint density at radius 2 is 1.73 bits per heavy atom. The molecule has 1 saturated heterocycles. The first kappa shape index (κ1) is 10.3. The summed E-state index contributed by atoms with van der Waals surface area (Å²) < 4.78 is 10.5. The summed E-state index contributed by atoms with van der Waals surface area (Å²) in [6.07, 6.45) is 0. The summed E-state index contributed by atoms with van der Waals surface area (Å²) in [7, 11) is 3.36. The summed E-state index contributed by atoms with van der Waals surface area (Å²) in [6, 6.07) is 6.62. The van der Waals surface area contributed by atoms with Crippen LogP contribution < -0.4 is 14.8 Å². The van der Waals surface area contributed by atoms with Crippen LogP contribution in [0.4, 0.5) is 0 Å². The molecule has 15 heavy (non-hydrogen) atoms. The molecule has 1 fully saturated rings. The highest BCUT2D eigenvalue weighted by Gasteiger charge is 2.28. The molecule has 0 aliphatic carbocycles. The van der Waals surface area contributed by atoms with Crippen molar-refractivity contribution in [2.24, 2.45) is 0 Å². The zero-order chi connectivity index (χ0) is 10.8. The van der Waals surface area contributed by atoms with Crippen LogP contribution in [0.15, 0.2) is 18.2 Å². The zero-order valence-electron chi connectivity index (χ0n) is 9.41. The molecule has 1 heterocycles. The number of nitrogens with one attached hydrogen (secondary N) is 1. The van der Waals surface area contributed by atoms with Gasteiger partial charge in [0.2, 0.25) is 0 Å². The predicted octanol–water partition coefficient (Wildman–Crippen LogP) is 1.78. The van der Waals surface area contributed by atoms with Gasteiger partial charge in [0.25, 0.3) is 0 Å². The van der Waals surface area contributed by atoms with Crippen molar-refractivity contribution in [1.82, 2.24) is 5.32 Å². The third-order valence-corrected chi connectivity index (χ3v) is 3.07. The molecule has 0 radical (unpaired) electrons. The van der Waals surface area contributed by atoms with Gasteiger partial charge >= 0.3 is 0 Å². The van der Waals surface area contributed by atoms with Crippen molar-refractivity contribution < 1.29 is 9.47 Å². The molecular formula is C12H17NO2. The SMILES string of the molecule is COc1cc(OC)cc(C2CNC2C)c1. The molecule has 1 aromatic carbocycles. The van der Waals surface area contributed by atoms with Gasteiger partial charge < -0.3 is 14.8 Å². The Morgan fingerprint density at radius 3 is 2.07 bits per heavy atom. The maximum absolute atomic E-state index is 5.25. The molecular weight excluding hydrogens is 190 g/mol. The summed E-state index contributed by atoms with van der Waals surface area (Å²) in [4.78, 5) is 0. The number of rotatable bonds is 3. The molecule has 0 spiro atoms. The lowest BCUT2D eigenvalue weighted by Crippen LogP contribution is -2.48. The van der Waals surface area contributed by atoms with Crippen LogP contribution in [0.5, 0.6) is 11.5 Å². The average molecular weight is 207 g/mol. The second-order valence-electron chi connectivity index (χ2n) is 3.95. The summed E-state index contributed by atoms with van der Waals surface area (Å²) in [5.74, 6) is 2.31. The third kappa shape index (κ3) is 1.92. The fourth-order valence-electron chi connectivity index (χ4n) is 1.92. The van der Waals surface area contributed by atoms with Gasteiger partial charge in [0.05, 0.1) is 14.2 Å². The quantitative estimate of drug-likeness (QED) is 0.819. The van der Waals surface area contributed by atoms with E-state index in [0.717, 1.165) is 18.0 Å². The van der Waals surface area contributed by atoms with Crippen molar-refractivity contribution in [3.8, 4) is 11.5 Å². The normalized spacial score (nSPS) is 24.5. The minimum Gasteiger partial charge on any atom is -0.497 e. The molecule has 1 N–H and O–H groups in total. The van der Waals surface area contributed by atoms with Gasteiger partial charge in [0.1, 0.15) is 11.5 Å². The molecule has 0 amide bonds. The van der Waals surface area contributed by atoms with Gasteiger partial charge in [-0.2, -0.15) is 0 Å². The lowest BCUT2D eigenvalue weighted by atomic mass is 9.86. The number of hydrogen-bond acceptors (Lipinski definition) is 3. The van der Waals surface area contributed by atoms with E-state index in [9.17, 15) is 0 Å². The standard InChI is InChI=1S/C12H17NO2/c1-8-12(7-13-8)9-4-10(14-2)6-11(5-9)15-3/h4-6,8,12-13H,7H2,1-3H3. The summed E-state index contributed by atoms with van der Waals surface area (Å²) in [5.41, 5.74) is 1.29. The molecule has 0 saturated carbocycles. The van der Waals surface area contributed by atoms with Crippen molar-refractivity contribution in [3.63, 3.8) is 0 Å². The largest absolute Gasteiger partial charge is 0.497 e. The second kappa shape index (κ2) is 4.11. The van der Waals surface area contributed by atoms with E-state index < -0.39 is 0 Å². The topological polar surface area (TPSA) is 30.5 Å². The number of benzene rings is 1. The van der Waals surface area contributed by atoms with Crippen LogP contribution >= 0.6 is 0 Å². The van der Waals surface area contributed by atoms with Crippen molar-refractivity contribution in [2.75, 3.05) is 20.8 Å². The minimum atomic E-state index is 0.543. The van der Waals surface area contributed by atoms with Crippen molar-refractivity contribution in [2.45, 2.75) is 18.9 Å². The van der Waals surface area contributed by atoms with Crippen molar-refractivity contribution in [3.05, 3.63) is 23.8 Å². The van der Waals surface area contributed by atoms with Crippen molar-refractivity contribution >= 4 is 0 Å². The molecule has 3 nitrogen and oxygen atoms in total. The van der Waals surface area contributed by atoms with Crippen molar-refractivity contribution in [1.29, 1.82) is 0 Å². The van der Waals surface area contributed by atoms with Gasteiger partial charge in [0.15, 0.2) is 0 Å². The van der Waals surface area contributed by atoms with E-state index in [1.54, 1.807) is 14.2 Å². The van der Waals surface area contributed by atoms with Crippen LogP contribution in [0.25, 0.3) is 0 Å². The zero-order valence-corrected chi connectivity index (χ0v) is 9.41. The molecule has 2 atom stereocenters. The first-order valence-corrected chi connectivity index (χ1v) is 5.21. The Morgan fingerprint density at radius 1 is 1.13 bits per heavy atom. The van der Waals surface area contributed by atoms with Gasteiger partial charge in [-0.25, -0.2) is 0 Å². The van der Waals surface area contributed by atoms with E-state index >= 15 is 0 Å². The molecule has 0 bridgehead atoms. The summed E-state index contributed by atoms with van der Waals surface area (Å²) in [5, 5.41) is 3.35. The minimum absolute atomic E-state index is 0.543. The molecule has 82 valence electrons. The lowest BCUT2D eigenvalue weighted by Gasteiger charge is -2.36. The molecule has 3 heteroatoms. The van der Waals surface area contributed by atoms with E-state index in [1.807, 2.05) is 6.07 Å². The van der Waals surface area contributed by atoms with Crippen LogP contribution in [-0.4, -0.2) is 26.8 Å². The first-order chi connectivity index (χ1) is 7.24. The fraction of sp³-hybridized carbons (Fsp3) is 0.500. The van der Waals surface area contributed by atoms with Gasteiger partial charge in [0, 0.05) is 24.6 Å². The Labute approximate surface area is 90.4 Å². The smallest absolute Gasteiger partial charge is 0.122 e. The van der Waals surface area contributed by atoms with E-state index in [-0.39, 0.29) is 0 Å². The van der Waals surface area contributed by atoms with Crippen LogP contribution in [-0.2, 0) is 0 Å². The van der Waals surface area contributed by atoms with Gasteiger partial charge in [-0.15, -0.1) is 0 Å². The highest BCUT2D eigenvalue weighted by Crippen LogP contribution is 2.32. The Bertz CT molecular complexity index is 329. The number of methoxy groups -OCH3 is 2. The number of ether oxygens (including phenoxy) is 2. The molecule has 2 rings (SSSR count). The summed E-state index contributed by atoms with van der Waals surface area (Å²) >= 11 is 0. The van der Waals surface area contributed by atoms with Gasteiger partial charge in [-0.1, -0.05) is 0 Å². The summed E-state index contributed by atoms with van der Waals surface area (Å²) in [6.45, 7) is 3.23. The van der Waals surface area contributed by atoms with Crippen LogP contribution in [0.1, 0.15) is 18.4 Å². The molecule has 1 aliphatic rings. The van der Waals surface area contributed by atoms with Crippen LogP contribution in [0.3, 0.4) is 0 Å². The lowest BCUT2D eigenvalue weighted by molar-refractivity contribution is 0.330. The molecule has 2 unspecified atom stereocenters. The first-order valence-electron chi connectivity index (χ1n) is 5.21. The predicted molar refractivity (Wildman–Crippen MR) is 59.8 cm³/mol. The average Bonchev–Trinajstić information content (AvgIpc) is 2.26. The van der Waals surface area contributed by atoms with E-state index in [4.69, 9.17) is 9.47 Å². The Hall–Kier alpha value is -1.22. The van der Waals surface area contributed by atoms with E-state index in [0.29, 0.717) is 12.0 Å². The molecule has 0 aromatic heterocycles. The van der Waals surface area contributed by atoms with Gasteiger partial charge in [-0.3, -0.25) is 0 Å². The monoisotopic (exact) mass is 207 g/mol. The Balaban J connectivity index is 2.29. The number of hydrogen-bond donors (Lipinski definition) is 1. The highest BCUT2D eigenvalue weighted by molar-refractivity contribution is 5.41. The third-order valence-electron chi connectivity index (χ3n) is 3.07. The van der Waals surface area contributed by atoms with E-state index in [2.05, 4.69) is 24.4 Å². The second-order valence-corrected chi connectivity index (χ2v) is 3.95. The fourth-order valence-corrected chi connectivity index (χ4v) is 1.92. The van der Waals surface area contributed by atoms with E-state index in [1.165, 1.54) is 5.56 Å². The van der Waals surface area contributed by atoms with Crippen LogP contribution in [0.2, 0.25) is 0 Å². The maximum atomic E-state index is 5.25. The highest BCUT2D eigenvalue weighted by atomic mass is 16.5. The van der Waals surface area contributed by atoms with Gasteiger partial charge in [-0.05, 0) is 24.6 Å². The Kier molecular flexibility index (Phi) is 2.82. The molecule has 1 aromatic rings. The maximum Gasteiger partial charge on any atom is 0.122 e. The molecule has 1 aliphatic heterocycles.